The number of rotatable bonds is 2. The molecule has 0 bridgehead atoms. The molecule has 0 aromatic heterocycles. The molecular weight excluding hydrogens is 318 g/mol. The van der Waals surface area contributed by atoms with Crippen LogP contribution in [0.15, 0.2) is 27.6 Å². The van der Waals surface area contributed by atoms with Gasteiger partial charge in [0.25, 0.3) is 11.1 Å². The van der Waals surface area contributed by atoms with Gasteiger partial charge in [0.05, 0.1) is 9.38 Å². The Labute approximate surface area is 117 Å². The van der Waals surface area contributed by atoms with E-state index in [1.807, 2.05) is 0 Å². The summed E-state index contributed by atoms with van der Waals surface area (Å²) >= 11 is 4.13. The molecule has 0 spiro atoms. The second kappa shape index (κ2) is 5.16. The molecule has 0 saturated carbocycles. The summed E-state index contributed by atoms with van der Waals surface area (Å²) in [6, 6.07) is 4.90. The summed E-state index contributed by atoms with van der Waals surface area (Å²) in [5, 5.41) is 9.13. The number of phenolic OH excluding ortho intramolecular Hbond substituents is 1. The van der Waals surface area contributed by atoms with Crippen molar-refractivity contribution in [3.05, 3.63) is 33.1 Å². The average Bonchev–Trinajstić information content (AvgIpc) is 2.59. The standard InChI is InChI=1S/C12H10BrNO3S/c1-2-14-11(16)10(18-12(14)17)6-7-3-4-9(15)8(13)5-7/h3-6,15H,2H2,1H3/b10-6+. The second-order valence-corrected chi connectivity index (χ2v) is 5.48. The lowest BCUT2D eigenvalue weighted by molar-refractivity contribution is -0.122. The number of aromatic hydroxyl groups is 1. The predicted molar refractivity (Wildman–Crippen MR) is 74.2 cm³/mol. The summed E-state index contributed by atoms with van der Waals surface area (Å²) < 4.78 is 0.547. The third kappa shape index (κ3) is 2.44. The molecule has 1 N–H and O–H groups in total. The number of carbonyl (C=O) groups is 2. The number of thioether (sulfide) groups is 1. The molecular formula is C12H10BrNO3S. The van der Waals surface area contributed by atoms with Crippen LogP contribution in [0.5, 0.6) is 5.75 Å². The van der Waals surface area contributed by atoms with Crippen molar-refractivity contribution in [2.75, 3.05) is 6.54 Å². The van der Waals surface area contributed by atoms with Crippen molar-refractivity contribution in [3.8, 4) is 5.75 Å². The Morgan fingerprint density at radius 1 is 1.44 bits per heavy atom. The summed E-state index contributed by atoms with van der Waals surface area (Å²) in [5.41, 5.74) is 0.751. The van der Waals surface area contributed by atoms with Crippen LogP contribution < -0.4 is 0 Å². The minimum absolute atomic E-state index is 0.133. The molecule has 6 heteroatoms. The largest absolute Gasteiger partial charge is 0.507 e. The lowest BCUT2D eigenvalue weighted by Gasteiger charge is -2.07. The van der Waals surface area contributed by atoms with Crippen molar-refractivity contribution in [2.45, 2.75) is 6.92 Å². The summed E-state index contributed by atoms with van der Waals surface area (Å²) in [5.74, 6) is -0.134. The van der Waals surface area contributed by atoms with Gasteiger partial charge >= 0.3 is 0 Å². The number of carbonyl (C=O) groups excluding carboxylic acids is 2. The molecule has 2 amide bonds. The number of likely N-dealkylation sites (N-methyl/N-ethyl adjacent to an activating group) is 1. The molecule has 0 atom stereocenters. The van der Waals surface area contributed by atoms with Gasteiger partial charge in [-0.3, -0.25) is 14.5 Å². The van der Waals surface area contributed by atoms with E-state index in [2.05, 4.69) is 15.9 Å². The van der Waals surface area contributed by atoms with Crippen LogP contribution in [0.3, 0.4) is 0 Å². The highest BCUT2D eigenvalue weighted by molar-refractivity contribution is 9.10. The van der Waals surface area contributed by atoms with Gasteiger partial charge in [-0.2, -0.15) is 0 Å². The molecule has 1 aromatic carbocycles. The Balaban J connectivity index is 2.32. The maximum Gasteiger partial charge on any atom is 0.293 e. The van der Waals surface area contributed by atoms with Gasteiger partial charge in [0.15, 0.2) is 0 Å². The average molecular weight is 328 g/mol. The fourth-order valence-corrected chi connectivity index (χ4v) is 2.84. The van der Waals surface area contributed by atoms with Crippen molar-refractivity contribution in [1.82, 2.24) is 4.90 Å². The zero-order valence-corrected chi connectivity index (χ0v) is 11.9. The molecule has 1 saturated heterocycles. The van der Waals surface area contributed by atoms with Crippen LogP contribution in [0, 0.1) is 0 Å². The number of imide groups is 1. The zero-order chi connectivity index (χ0) is 13.3. The van der Waals surface area contributed by atoms with Crippen molar-refractivity contribution in [3.63, 3.8) is 0 Å². The zero-order valence-electron chi connectivity index (χ0n) is 9.51. The second-order valence-electron chi connectivity index (χ2n) is 3.64. The predicted octanol–water partition coefficient (Wildman–Crippen LogP) is 3.21. The summed E-state index contributed by atoms with van der Waals surface area (Å²) in [4.78, 5) is 25.0. The number of amides is 2. The Bertz CT molecular complexity index is 556. The first-order valence-electron chi connectivity index (χ1n) is 5.27. The molecule has 1 heterocycles. The molecule has 1 fully saturated rings. The van der Waals surface area contributed by atoms with Crippen LogP contribution in [0.1, 0.15) is 12.5 Å². The van der Waals surface area contributed by atoms with E-state index in [4.69, 9.17) is 0 Å². The highest BCUT2D eigenvalue weighted by Crippen LogP contribution is 2.33. The topological polar surface area (TPSA) is 57.6 Å². The molecule has 94 valence electrons. The lowest BCUT2D eigenvalue weighted by Crippen LogP contribution is -2.27. The minimum Gasteiger partial charge on any atom is -0.507 e. The van der Waals surface area contributed by atoms with E-state index < -0.39 is 0 Å². The normalized spacial score (nSPS) is 17.9. The Kier molecular flexibility index (Phi) is 3.77. The van der Waals surface area contributed by atoms with Crippen LogP contribution in [0.4, 0.5) is 4.79 Å². The molecule has 1 aliphatic rings. The smallest absolute Gasteiger partial charge is 0.293 e. The van der Waals surface area contributed by atoms with Crippen LogP contribution >= 0.6 is 27.7 Å². The first-order chi connectivity index (χ1) is 8.52. The van der Waals surface area contributed by atoms with Gasteiger partial charge in [-0.05, 0) is 58.4 Å². The number of hydrogen-bond donors (Lipinski definition) is 1. The van der Waals surface area contributed by atoms with Crippen molar-refractivity contribution < 1.29 is 14.7 Å². The van der Waals surface area contributed by atoms with E-state index in [9.17, 15) is 14.7 Å². The van der Waals surface area contributed by atoms with Gasteiger partial charge in [-0.15, -0.1) is 0 Å². The van der Waals surface area contributed by atoms with E-state index in [0.29, 0.717) is 15.9 Å². The van der Waals surface area contributed by atoms with Gasteiger partial charge < -0.3 is 5.11 Å². The van der Waals surface area contributed by atoms with Gasteiger partial charge in [-0.25, -0.2) is 0 Å². The minimum atomic E-state index is -0.267. The van der Waals surface area contributed by atoms with E-state index in [0.717, 1.165) is 17.3 Å². The van der Waals surface area contributed by atoms with E-state index in [-0.39, 0.29) is 16.9 Å². The SMILES string of the molecule is CCN1C(=O)S/C(=C/c2ccc(O)c(Br)c2)C1=O. The number of halogens is 1. The van der Waals surface area contributed by atoms with E-state index >= 15 is 0 Å². The quantitative estimate of drug-likeness (QED) is 0.847. The van der Waals surface area contributed by atoms with Crippen molar-refractivity contribution >= 4 is 44.9 Å². The van der Waals surface area contributed by atoms with E-state index in [1.165, 1.54) is 11.0 Å². The van der Waals surface area contributed by atoms with Crippen LogP contribution in [0.2, 0.25) is 0 Å². The maximum atomic E-state index is 11.9. The number of nitrogens with zero attached hydrogens (tertiary/aromatic N) is 1. The highest BCUT2D eigenvalue weighted by atomic mass is 79.9. The third-order valence-electron chi connectivity index (χ3n) is 2.46. The fourth-order valence-electron chi connectivity index (χ4n) is 1.54. The molecule has 1 aromatic rings. The molecule has 0 radical (unpaired) electrons. The monoisotopic (exact) mass is 327 g/mol. The van der Waals surface area contributed by atoms with Crippen LogP contribution in [0.25, 0.3) is 6.08 Å². The number of benzene rings is 1. The molecule has 2 rings (SSSR count). The molecule has 0 aliphatic carbocycles. The highest BCUT2D eigenvalue weighted by Gasteiger charge is 2.33. The van der Waals surface area contributed by atoms with Gasteiger partial charge in [0, 0.05) is 6.54 Å². The third-order valence-corrected chi connectivity index (χ3v) is 4.00. The molecule has 18 heavy (non-hydrogen) atoms. The van der Waals surface area contributed by atoms with E-state index in [1.54, 1.807) is 25.1 Å². The van der Waals surface area contributed by atoms with Gasteiger partial charge in [0.1, 0.15) is 5.75 Å². The summed E-state index contributed by atoms with van der Waals surface area (Å²) in [6.07, 6.45) is 1.64. The van der Waals surface area contributed by atoms with Crippen molar-refractivity contribution in [2.24, 2.45) is 0 Å². The van der Waals surface area contributed by atoms with Crippen LogP contribution in [-0.4, -0.2) is 27.7 Å². The molecule has 0 unspecified atom stereocenters. The molecule has 4 nitrogen and oxygen atoms in total. The van der Waals surface area contributed by atoms with Gasteiger partial charge in [0.2, 0.25) is 0 Å². The first kappa shape index (κ1) is 13.2. The Morgan fingerprint density at radius 2 is 2.17 bits per heavy atom. The molecule has 1 aliphatic heterocycles. The first-order valence-corrected chi connectivity index (χ1v) is 6.87. The maximum absolute atomic E-state index is 11.9. The number of hydrogen-bond acceptors (Lipinski definition) is 4. The Morgan fingerprint density at radius 3 is 2.72 bits per heavy atom. The fraction of sp³-hybridized carbons (Fsp3) is 0.167. The number of phenols is 1. The van der Waals surface area contributed by atoms with Gasteiger partial charge in [-0.1, -0.05) is 6.07 Å². The lowest BCUT2D eigenvalue weighted by atomic mass is 10.2. The Hall–Kier alpha value is -1.27. The van der Waals surface area contributed by atoms with Crippen LogP contribution in [-0.2, 0) is 4.79 Å². The summed E-state index contributed by atoms with van der Waals surface area (Å²) in [6.45, 7) is 2.14. The van der Waals surface area contributed by atoms with Crippen molar-refractivity contribution in [1.29, 1.82) is 0 Å². The summed E-state index contributed by atoms with van der Waals surface area (Å²) in [7, 11) is 0.